The van der Waals surface area contributed by atoms with Gasteiger partial charge >= 0.3 is 0 Å². The molecule has 1 aliphatic rings. The van der Waals surface area contributed by atoms with Crippen LogP contribution in [0.15, 0.2) is 42.7 Å². The molecule has 0 spiro atoms. The van der Waals surface area contributed by atoms with Gasteiger partial charge in [-0.3, -0.25) is 14.6 Å². The van der Waals surface area contributed by atoms with Gasteiger partial charge in [0.15, 0.2) is 6.61 Å². The highest BCUT2D eigenvalue weighted by Gasteiger charge is 2.24. The van der Waals surface area contributed by atoms with E-state index in [-0.39, 0.29) is 24.5 Å². The maximum Gasteiger partial charge on any atom is 0.260 e. The van der Waals surface area contributed by atoms with E-state index in [4.69, 9.17) is 27.9 Å². The second-order valence-corrected chi connectivity index (χ2v) is 7.05. The van der Waals surface area contributed by atoms with Crippen molar-refractivity contribution in [2.24, 2.45) is 0 Å². The molecule has 1 fully saturated rings. The van der Waals surface area contributed by atoms with Gasteiger partial charge in [0.25, 0.3) is 11.8 Å². The number of nitrogens with zero attached hydrogens (tertiary/aromatic N) is 2. The number of amides is 2. The summed E-state index contributed by atoms with van der Waals surface area (Å²) in [6, 6.07) is 8.36. The van der Waals surface area contributed by atoms with E-state index in [0.29, 0.717) is 47.3 Å². The lowest BCUT2D eigenvalue weighted by Gasteiger charge is -2.32. The summed E-state index contributed by atoms with van der Waals surface area (Å²) in [5, 5.41) is 3.81. The maximum absolute atomic E-state index is 12.3. The standard InChI is InChI=1S/C19H19Cl2N3O3/c20-16-4-3-15(10-17(16)21)27-12-18(25)24-8-5-14(6-9-24)23-19(26)13-2-1-7-22-11-13/h1-4,7,10-11,14H,5-6,8-9,12H2,(H,23,26). The second-order valence-electron chi connectivity index (χ2n) is 6.23. The van der Waals surface area contributed by atoms with Gasteiger partial charge in [-0.2, -0.15) is 0 Å². The van der Waals surface area contributed by atoms with Crippen LogP contribution in [0, 0.1) is 0 Å². The van der Waals surface area contributed by atoms with Gasteiger partial charge in [-0.05, 0) is 37.1 Å². The minimum absolute atomic E-state index is 0.0396. The van der Waals surface area contributed by atoms with Crippen LogP contribution in [-0.2, 0) is 4.79 Å². The summed E-state index contributed by atoms with van der Waals surface area (Å²) >= 11 is 11.8. The number of rotatable bonds is 5. The van der Waals surface area contributed by atoms with Gasteiger partial charge in [-0.1, -0.05) is 23.2 Å². The van der Waals surface area contributed by atoms with Crippen LogP contribution in [0.2, 0.25) is 10.0 Å². The minimum Gasteiger partial charge on any atom is -0.484 e. The molecule has 1 aromatic carbocycles. The predicted octanol–water partition coefficient (Wildman–Crippen LogP) is 3.19. The zero-order valence-corrected chi connectivity index (χ0v) is 16.0. The van der Waals surface area contributed by atoms with Gasteiger partial charge in [0.2, 0.25) is 0 Å². The molecule has 27 heavy (non-hydrogen) atoms. The monoisotopic (exact) mass is 407 g/mol. The summed E-state index contributed by atoms with van der Waals surface area (Å²) in [5.41, 5.74) is 0.533. The molecule has 1 aliphatic heterocycles. The largest absolute Gasteiger partial charge is 0.484 e. The smallest absolute Gasteiger partial charge is 0.260 e. The number of halogens is 2. The van der Waals surface area contributed by atoms with Crippen LogP contribution in [0.4, 0.5) is 0 Å². The molecule has 0 atom stereocenters. The predicted molar refractivity (Wildman–Crippen MR) is 103 cm³/mol. The van der Waals surface area contributed by atoms with Gasteiger partial charge in [-0.25, -0.2) is 0 Å². The molecular formula is C19H19Cl2N3O3. The summed E-state index contributed by atoms with van der Waals surface area (Å²) in [6.07, 6.45) is 4.56. The summed E-state index contributed by atoms with van der Waals surface area (Å²) in [5.74, 6) is 0.255. The van der Waals surface area contributed by atoms with Crippen molar-refractivity contribution in [3.63, 3.8) is 0 Å². The molecule has 0 saturated carbocycles. The Hall–Kier alpha value is -2.31. The van der Waals surface area contributed by atoms with Crippen molar-refractivity contribution in [2.75, 3.05) is 19.7 Å². The first-order valence-corrected chi connectivity index (χ1v) is 9.35. The average molecular weight is 408 g/mol. The minimum atomic E-state index is -0.143. The molecule has 2 aromatic rings. The number of nitrogens with one attached hydrogen (secondary N) is 1. The molecule has 142 valence electrons. The highest BCUT2D eigenvalue weighted by atomic mass is 35.5. The van der Waals surface area contributed by atoms with Crippen molar-refractivity contribution < 1.29 is 14.3 Å². The number of pyridine rings is 1. The third-order valence-electron chi connectivity index (χ3n) is 4.36. The first-order chi connectivity index (χ1) is 13.0. The summed E-state index contributed by atoms with van der Waals surface area (Å²) in [4.78, 5) is 30.2. The zero-order chi connectivity index (χ0) is 19.2. The Kier molecular flexibility index (Phi) is 6.53. The van der Waals surface area contributed by atoms with Gasteiger partial charge in [0, 0.05) is 37.6 Å². The highest BCUT2D eigenvalue weighted by molar-refractivity contribution is 6.42. The third kappa shape index (κ3) is 5.34. The van der Waals surface area contributed by atoms with E-state index in [0.717, 1.165) is 0 Å². The third-order valence-corrected chi connectivity index (χ3v) is 5.10. The van der Waals surface area contributed by atoms with E-state index in [1.807, 2.05) is 0 Å². The van der Waals surface area contributed by atoms with Crippen molar-refractivity contribution in [2.45, 2.75) is 18.9 Å². The van der Waals surface area contributed by atoms with Crippen molar-refractivity contribution in [1.82, 2.24) is 15.2 Å². The summed E-state index contributed by atoms with van der Waals surface area (Å²) in [6.45, 7) is 1.08. The normalized spacial score (nSPS) is 14.7. The molecule has 3 rings (SSSR count). The van der Waals surface area contributed by atoms with Crippen LogP contribution in [0.3, 0.4) is 0 Å². The first-order valence-electron chi connectivity index (χ1n) is 8.59. The lowest BCUT2D eigenvalue weighted by atomic mass is 10.0. The van der Waals surface area contributed by atoms with Crippen LogP contribution in [0.1, 0.15) is 23.2 Å². The first kappa shape index (κ1) is 19.5. The van der Waals surface area contributed by atoms with Crippen molar-refractivity contribution in [1.29, 1.82) is 0 Å². The van der Waals surface area contributed by atoms with Crippen LogP contribution in [0.5, 0.6) is 5.75 Å². The number of hydrogen-bond acceptors (Lipinski definition) is 4. The molecule has 6 nitrogen and oxygen atoms in total. The number of likely N-dealkylation sites (tertiary alicyclic amines) is 1. The maximum atomic E-state index is 12.3. The van der Waals surface area contributed by atoms with Crippen LogP contribution < -0.4 is 10.1 Å². The Balaban J connectivity index is 1.43. The van der Waals surface area contributed by atoms with Crippen molar-refractivity contribution in [3.8, 4) is 5.75 Å². The van der Waals surface area contributed by atoms with E-state index in [1.165, 1.54) is 6.20 Å². The van der Waals surface area contributed by atoms with Crippen molar-refractivity contribution in [3.05, 3.63) is 58.3 Å². The van der Waals surface area contributed by atoms with E-state index < -0.39 is 0 Å². The number of piperidine rings is 1. The summed E-state index contributed by atoms with van der Waals surface area (Å²) in [7, 11) is 0. The lowest BCUT2D eigenvalue weighted by Crippen LogP contribution is -2.47. The SMILES string of the molecule is O=C(NC1CCN(C(=O)COc2ccc(Cl)c(Cl)c2)CC1)c1cccnc1. The Morgan fingerprint density at radius 3 is 2.63 bits per heavy atom. The van der Waals surface area contributed by atoms with Crippen LogP contribution in [0.25, 0.3) is 0 Å². The fourth-order valence-electron chi connectivity index (χ4n) is 2.84. The zero-order valence-electron chi connectivity index (χ0n) is 14.5. The molecule has 1 aromatic heterocycles. The van der Waals surface area contributed by atoms with Gasteiger partial charge in [0.05, 0.1) is 15.6 Å². The molecule has 2 heterocycles. The molecule has 2 amide bonds. The molecule has 8 heteroatoms. The number of carbonyl (C=O) groups excluding carboxylic acids is 2. The van der Waals surface area contributed by atoms with E-state index >= 15 is 0 Å². The number of ether oxygens (including phenoxy) is 1. The average Bonchev–Trinajstić information content (AvgIpc) is 2.70. The topological polar surface area (TPSA) is 71.5 Å². The van der Waals surface area contributed by atoms with E-state index in [1.54, 1.807) is 41.4 Å². The second kappa shape index (κ2) is 9.06. The molecule has 1 saturated heterocycles. The van der Waals surface area contributed by atoms with E-state index in [9.17, 15) is 9.59 Å². The number of aromatic nitrogens is 1. The number of hydrogen-bond donors (Lipinski definition) is 1. The van der Waals surface area contributed by atoms with Crippen LogP contribution >= 0.6 is 23.2 Å². The number of benzene rings is 1. The Morgan fingerprint density at radius 2 is 1.96 bits per heavy atom. The van der Waals surface area contributed by atoms with Gasteiger partial charge in [0.1, 0.15) is 5.75 Å². The molecule has 1 N–H and O–H groups in total. The molecule has 0 radical (unpaired) electrons. The molecule has 0 bridgehead atoms. The Bertz CT molecular complexity index is 809. The lowest BCUT2D eigenvalue weighted by molar-refractivity contribution is -0.134. The van der Waals surface area contributed by atoms with Crippen molar-refractivity contribution >= 4 is 35.0 Å². The van der Waals surface area contributed by atoms with Crippen LogP contribution in [-0.4, -0.2) is 47.4 Å². The fraction of sp³-hybridized carbons (Fsp3) is 0.316. The van der Waals surface area contributed by atoms with Gasteiger partial charge < -0.3 is 15.0 Å². The fourth-order valence-corrected chi connectivity index (χ4v) is 3.13. The quantitative estimate of drug-likeness (QED) is 0.825. The Morgan fingerprint density at radius 1 is 1.19 bits per heavy atom. The van der Waals surface area contributed by atoms with Gasteiger partial charge in [-0.15, -0.1) is 0 Å². The summed E-state index contributed by atoms with van der Waals surface area (Å²) < 4.78 is 5.50. The Labute approximate surface area is 167 Å². The molecular weight excluding hydrogens is 389 g/mol. The van der Waals surface area contributed by atoms with E-state index in [2.05, 4.69) is 10.3 Å². The molecule has 0 unspecified atom stereocenters. The molecule has 0 aliphatic carbocycles. The number of carbonyl (C=O) groups is 2. The highest BCUT2D eigenvalue weighted by Crippen LogP contribution is 2.26.